The largest absolute Gasteiger partial charge is 0.326 e. The fraction of sp³-hybridized carbons (Fsp3) is 0.406. The molecule has 0 radical (unpaired) electrons. The van der Waals surface area contributed by atoms with E-state index < -0.39 is 10.0 Å². The van der Waals surface area contributed by atoms with E-state index in [0.29, 0.717) is 48.6 Å². The van der Waals surface area contributed by atoms with E-state index in [1.165, 1.54) is 6.07 Å². The summed E-state index contributed by atoms with van der Waals surface area (Å²) in [7, 11) is -3.68. The molecule has 1 aliphatic heterocycles. The van der Waals surface area contributed by atoms with Gasteiger partial charge in [-0.1, -0.05) is 61.8 Å². The Labute approximate surface area is 248 Å². The Bertz CT molecular complexity index is 1440. The van der Waals surface area contributed by atoms with E-state index in [4.69, 9.17) is 11.6 Å². The number of sulfonamides is 1. The van der Waals surface area contributed by atoms with Crippen molar-refractivity contribution < 1.29 is 17.6 Å². The molecule has 1 amide bonds. The summed E-state index contributed by atoms with van der Waals surface area (Å²) in [6.45, 7) is 7.12. The Morgan fingerprint density at radius 1 is 1.07 bits per heavy atom. The maximum atomic E-state index is 15.0. The lowest BCUT2D eigenvalue weighted by atomic mass is 9.85. The quantitative estimate of drug-likeness (QED) is 0.260. The van der Waals surface area contributed by atoms with Crippen molar-refractivity contribution >= 4 is 33.2 Å². The van der Waals surface area contributed by atoms with Crippen LogP contribution in [-0.2, 0) is 21.2 Å². The molecule has 220 valence electrons. The number of nitrogens with one attached hydrogen (secondary N) is 2. The van der Waals surface area contributed by atoms with E-state index in [1.54, 1.807) is 46.8 Å². The van der Waals surface area contributed by atoms with Crippen LogP contribution >= 0.6 is 11.6 Å². The van der Waals surface area contributed by atoms with Crippen LogP contribution in [0.5, 0.6) is 0 Å². The molecule has 1 heterocycles. The van der Waals surface area contributed by atoms with Gasteiger partial charge in [0.2, 0.25) is 15.9 Å². The highest BCUT2D eigenvalue weighted by Gasteiger charge is 2.37. The summed E-state index contributed by atoms with van der Waals surface area (Å²) in [4.78, 5) is 13.4. The zero-order valence-electron chi connectivity index (χ0n) is 23.8. The van der Waals surface area contributed by atoms with Gasteiger partial charge in [-0.05, 0) is 80.0 Å². The van der Waals surface area contributed by atoms with Crippen molar-refractivity contribution in [2.24, 2.45) is 5.92 Å². The maximum Gasteiger partial charge on any atom is 0.243 e. The minimum atomic E-state index is -3.68. The number of hydrogen-bond donors (Lipinski definition) is 2. The molecule has 4 rings (SSSR count). The molecule has 1 saturated heterocycles. The molecule has 0 spiro atoms. The lowest BCUT2D eigenvalue weighted by molar-refractivity contribution is -0.116. The first kappa shape index (κ1) is 31.2. The minimum Gasteiger partial charge on any atom is -0.326 e. The monoisotopic (exact) mass is 599 g/mol. The third-order valence-electron chi connectivity index (χ3n) is 7.78. The molecule has 0 aromatic heterocycles. The fourth-order valence-corrected chi connectivity index (χ4v) is 7.76. The first-order valence-corrected chi connectivity index (χ1v) is 16.0. The van der Waals surface area contributed by atoms with Crippen LogP contribution in [0, 0.1) is 11.7 Å². The fourth-order valence-electron chi connectivity index (χ4n) is 5.70. The van der Waals surface area contributed by atoms with Gasteiger partial charge in [0.25, 0.3) is 0 Å². The highest BCUT2D eigenvalue weighted by atomic mass is 35.5. The van der Waals surface area contributed by atoms with Crippen LogP contribution in [0.3, 0.4) is 0 Å². The molecule has 3 aromatic rings. The average molecular weight is 600 g/mol. The summed E-state index contributed by atoms with van der Waals surface area (Å²) in [6, 6.07) is 20.2. The highest BCUT2D eigenvalue weighted by molar-refractivity contribution is 7.89. The summed E-state index contributed by atoms with van der Waals surface area (Å²) in [5.41, 5.74) is 1.87. The molecular formula is C32H39ClFN3O3S. The van der Waals surface area contributed by atoms with Crippen LogP contribution < -0.4 is 10.6 Å². The second-order valence-corrected chi connectivity index (χ2v) is 13.4. The maximum absolute atomic E-state index is 15.0. The van der Waals surface area contributed by atoms with Gasteiger partial charge in [0.1, 0.15) is 5.82 Å². The Morgan fingerprint density at radius 2 is 1.80 bits per heavy atom. The third kappa shape index (κ3) is 7.74. The average Bonchev–Trinajstić information content (AvgIpc) is 2.93. The highest BCUT2D eigenvalue weighted by Crippen LogP contribution is 2.31. The van der Waals surface area contributed by atoms with Crippen LogP contribution in [0.4, 0.5) is 10.1 Å². The van der Waals surface area contributed by atoms with Gasteiger partial charge in [0, 0.05) is 47.9 Å². The molecule has 2 N–H and O–H groups in total. The van der Waals surface area contributed by atoms with Crippen LogP contribution in [0.15, 0.2) is 77.7 Å². The standard InChI is InChI=1S/C32H39ClFN3O3S/c1-22(2)29(24-10-7-11-25(33)18-24)19-32(38)36-31-17-9-16-30(34)28(31)15-8-12-26-21-35-20-23(3)37(26)41(39,40)27-13-5-4-6-14-27/h4-7,9-11,13-14,16-18,22-23,26,29,35H,8,12,15,19-21H2,1-3H3,(H,36,38). The van der Waals surface area contributed by atoms with Crippen molar-refractivity contribution in [1.82, 2.24) is 9.62 Å². The predicted molar refractivity (Wildman–Crippen MR) is 163 cm³/mol. The van der Waals surface area contributed by atoms with Gasteiger partial charge in [0.15, 0.2) is 0 Å². The van der Waals surface area contributed by atoms with Gasteiger partial charge in [0.05, 0.1) is 4.90 Å². The molecule has 0 aliphatic carbocycles. The molecule has 0 saturated carbocycles. The number of halogens is 2. The Hall–Kier alpha value is -2.78. The number of benzene rings is 3. The summed E-state index contributed by atoms with van der Waals surface area (Å²) < 4.78 is 43.7. The zero-order valence-corrected chi connectivity index (χ0v) is 25.4. The van der Waals surface area contributed by atoms with E-state index in [9.17, 15) is 13.2 Å². The molecule has 1 fully saturated rings. The van der Waals surface area contributed by atoms with Gasteiger partial charge in [-0.2, -0.15) is 4.31 Å². The van der Waals surface area contributed by atoms with Crippen molar-refractivity contribution in [2.45, 2.75) is 69.4 Å². The molecular weight excluding hydrogens is 561 g/mol. The number of piperazine rings is 1. The van der Waals surface area contributed by atoms with E-state index >= 15 is 4.39 Å². The van der Waals surface area contributed by atoms with Crippen molar-refractivity contribution in [3.8, 4) is 0 Å². The third-order valence-corrected chi connectivity index (χ3v) is 10.1. The number of hydrogen-bond acceptors (Lipinski definition) is 4. The molecule has 0 bridgehead atoms. The predicted octanol–water partition coefficient (Wildman–Crippen LogP) is 6.62. The minimum absolute atomic E-state index is 0.0379. The van der Waals surface area contributed by atoms with E-state index in [1.807, 2.05) is 31.2 Å². The summed E-state index contributed by atoms with van der Waals surface area (Å²) in [6.07, 6.45) is 1.72. The summed E-state index contributed by atoms with van der Waals surface area (Å²) in [5.74, 6) is -0.417. The molecule has 41 heavy (non-hydrogen) atoms. The van der Waals surface area contributed by atoms with E-state index in [-0.39, 0.29) is 47.0 Å². The van der Waals surface area contributed by atoms with Crippen molar-refractivity contribution in [3.63, 3.8) is 0 Å². The van der Waals surface area contributed by atoms with Crippen LogP contribution in [0.25, 0.3) is 0 Å². The van der Waals surface area contributed by atoms with E-state index in [0.717, 1.165) is 5.56 Å². The van der Waals surface area contributed by atoms with Gasteiger partial charge in [-0.25, -0.2) is 12.8 Å². The van der Waals surface area contributed by atoms with Gasteiger partial charge in [-0.3, -0.25) is 4.79 Å². The summed E-state index contributed by atoms with van der Waals surface area (Å²) >= 11 is 6.19. The Balaban J connectivity index is 1.45. The topological polar surface area (TPSA) is 78.5 Å². The zero-order chi connectivity index (χ0) is 29.6. The summed E-state index contributed by atoms with van der Waals surface area (Å²) in [5, 5.41) is 6.90. The van der Waals surface area contributed by atoms with Gasteiger partial charge in [-0.15, -0.1) is 0 Å². The smallest absolute Gasteiger partial charge is 0.243 e. The van der Waals surface area contributed by atoms with Crippen molar-refractivity contribution in [2.75, 3.05) is 18.4 Å². The molecule has 3 aromatic carbocycles. The normalized spacial score (nSPS) is 18.8. The Morgan fingerprint density at radius 3 is 2.51 bits per heavy atom. The van der Waals surface area contributed by atoms with Gasteiger partial charge < -0.3 is 10.6 Å². The number of rotatable bonds is 11. The van der Waals surface area contributed by atoms with Crippen LogP contribution in [0.2, 0.25) is 5.02 Å². The lowest BCUT2D eigenvalue weighted by Gasteiger charge is -2.40. The number of nitrogens with zero attached hydrogens (tertiary/aromatic N) is 1. The van der Waals surface area contributed by atoms with Crippen molar-refractivity contribution in [1.29, 1.82) is 0 Å². The molecule has 9 heteroatoms. The molecule has 1 aliphatic rings. The van der Waals surface area contributed by atoms with E-state index in [2.05, 4.69) is 24.5 Å². The first-order chi connectivity index (χ1) is 19.6. The van der Waals surface area contributed by atoms with Crippen LogP contribution in [0.1, 0.15) is 57.1 Å². The van der Waals surface area contributed by atoms with Crippen LogP contribution in [-0.4, -0.2) is 43.8 Å². The number of carbonyl (C=O) groups excluding carboxylic acids is 1. The van der Waals surface area contributed by atoms with Gasteiger partial charge >= 0.3 is 0 Å². The lowest BCUT2D eigenvalue weighted by Crippen LogP contribution is -2.58. The number of carbonyl (C=O) groups is 1. The number of anilines is 1. The molecule has 6 nitrogen and oxygen atoms in total. The first-order valence-electron chi connectivity index (χ1n) is 14.2. The SMILES string of the molecule is CC(C)C(CC(=O)Nc1cccc(F)c1CCCC1CNCC(C)N1S(=O)(=O)c1ccccc1)c1cccc(Cl)c1. The van der Waals surface area contributed by atoms with Crippen molar-refractivity contribution in [3.05, 3.63) is 94.8 Å². The molecule has 3 unspecified atom stereocenters. The second kappa shape index (κ2) is 13.9. The molecule has 3 atom stereocenters. The number of amides is 1. The second-order valence-electron chi connectivity index (χ2n) is 11.1. The Kier molecular flexibility index (Phi) is 10.6.